The molecule has 0 aliphatic carbocycles. The summed E-state index contributed by atoms with van der Waals surface area (Å²) in [6.45, 7) is 0.634. The lowest BCUT2D eigenvalue weighted by Crippen LogP contribution is -2.15. The number of benzene rings is 2. The highest BCUT2D eigenvalue weighted by Crippen LogP contribution is 2.21. The van der Waals surface area contributed by atoms with Crippen LogP contribution in [0.5, 0.6) is 5.75 Å². The molecule has 2 aromatic rings. The maximum Gasteiger partial charge on any atom is 0.338 e. The summed E-state index contributed by atoms with van der Waals surface area (Å²) in [4.78, 5) is 12.1. The standard InChI is InChI=1S/C17H17BrN2O3/c18-8-9-22-15-7-6-13(10-14(15)16(19)20)17(21)23-11-12-4-2-1-3-5-12/h1-7,10H,8-9,11H2,(H3,19,20). The van der Waals surface area contributed by atoms with Crippen molar-refractivity contribution in [3.8, 4) is 5.75 Å². The van der Waals surface area contributed by atoms with Crippen molar-refractivity contribution in [2.75, 3.05) is 11.9 Å². The number of hydrogen-bond donors (Lipinski definition) is 2. The van der Waals surface area contributed by atoms with E-state index in [0.29, 0.717) is 28.8 Å². The van der Waals surface area contributed by atoms with E-state index in [0.717, 1.165) is 5.56 Å². The molecule has 0 amide bonds. The number of carbonyl (C=O) groups is 1. The first-order chi connectivity index (χ1) is 11.1. The number of alkyl halides is 1. The van der Waals surface area contributed by atoms with Crippen LogP contribution in [-0.4, -0.2) is 23.7 Å². The van der Waals surface area contributed by atoms with E-state index in [1.54, 1.807) is 12.1 Å². The first kappa shape index (κ1) is 17.0. The topological polar surface area (TPSA) is 85.4 Å². The molecule has 0 saturated heterocycles. The number of halogens is 1. The molecule has 0 atom stereocenters. The number of hydrogen-bond acceptors (Lipinski definition) is 4. The van der Waals surface area contributed by atoms with Gasteiger partial charge in [-0.2, -0.15) is 0 Å². The van der Waals surface area contributed by atoms with Gasteiger partial charge in [-0.1, -0.05) is 46.3 Å². The molecule has 0 saturated carbocycles. The number of nitrogens with one attached hydrogen (secondary N) is 1. The Morgan fingerprint density at radius 1 is 1.17 bits per heavy atom. The second kappa shape index (κ2) is 8.33. The van der Waals surface area contributed by atoms with Crippen LogP contribution in [-0.2, 0) is 11.3 Å². The summed E-state index contributed by atoms with van der Waals surface area (Å²) in [5, 5.41) is 8.28. The molecule has 0 unspecified atom stereocenters. The second-order valence-corrected chi connectivity index (χ2v) is 5.52. The van der Waals surface area contributed by atoms with E-state index < -0.39 is 5.97 Å². The Balaban J connectivity index is 2.11. The van der Waals surface area contributed by atoms with Crippen molar-refractivity contribution in [3.63, 3.8) is 0 Å². The van der Waals surface area contributed by atoms with Gasteiger partial charge in [-0.25, -0.2) is 4.79 Å². The van der Waals surface area contributed by atoms with E-state index in [4.69, 9.17) is 20.6 Å². The van der Waals surface area contributed by atoms with Gasteiger partial charge in [0, 0.05) is 5.33 Å². The van der Waals surface area contributed by atoms with E-state index in [2.05, 4.69) is 15.9 Å². The van der Waals surface area contributed by atoms with Crippen LogP contribution >= 0.6 is 15.9 Å². The van der Waals surface area contributed by atoms with E-state index in [1.165, 1.54) is 6.07 Å². The molecule has 3 N–H and O–H groups in total. The largest absolute Gasteiger partial charge is 0.492 e. The van der Waals surface area contributed by atoms with E-state index in [-0.39, 0.29) is 12.4 Å². The Bertz CT molecular complexity index is 689. The molecule has 5 nitrogen and oxygen atoms in total. The summed E-state index contributed by atoms with van der Waals surface area (Å²) in [6.07, 6.45) is 0. The number of amidine groups is 1. The molecular formula is C17H17BrN2O3. The van der Waals surface area contributed by atoms with Crippen LogP contribution in [0.2, 0.25) is 0 Å². The molecule has 0 heterocycles. The number of nitrogens with two attached hydrogens (primary N) is 1. The molecule has 23 heavy (non-hydrogen) atoms. The van der Waals surface area contributed by atoms with Crippen LogP contribution in [0.3, 0.4) is 0 Å². The maximum atomic E-state index is 12.1. The van der Waals surface area contributed by atoms with Gasteiger partial charge in [0.2, 0.25) is 0 Å². The smallest absolute Gasteiger partial charge is 0.338 e. The Morgan fingerprint density at radius 2 is 1.91 bits per heavy atom. The van der Waals surface area contributed by atoms with Crippen molar-refractivity contribution in [1.29, 1.82) is 5.41 Å². The number of carbonyl (C=O) groups excluding carboxylic acids is 1. The van der Waals surface area contributed by atoms with Gasteiger partial charge in [0.15, 0.2) is 0 Å². The molecule has 0 fully saturated rings. The summed E-state index contributed by atoms with van der Waals surface area (Å²) in [5.41, 5.74) is 7.17. The number of nitrogen functional groups attached to an aromatic ring is 1. The number of ether oxygens (including phenoxy) is 2. The summed E-state index contributed by atoms with van der Waals surface area (Å²) >= 11 is 3.26. The van der Waals surface area contributed by atoms with E-state index in [9.17, 15) is 4.79 Å². The minimum absolute atomic E-state index is 0.160. The predicted molar refractivity (Wildman–Crippen MR) is 92.3 cm³/mol. The third-order valence-electron chi connectivity index (χ3n) is 3.05. The molecule has 0 aromatic heterocycles. The fourth-order valence-corrected chi connectivity index (χ4v) is 2.11. The summed E-state index contributed by atoms with van der Waals surface area (Å²) < 4.78 is 10.8. The van der Waals surface area contributed by atoms with Gasteiger partial charge in [0.25, 0.3) is 0 Å². The van der Waals surface area contributed by atoms with Gasteiger partial charge in [-0.05, 0) is 23.8 Å². The van der Waals surface area contributed by atoms with Crippen LogP contribution in [0, 0.1) is 5.41 Å². The van der Waals surface area contributed by atoms with Gasteiger partial charge in [0.05, 0.1) is 17.7 Å². The molecule has 120 valence electrons. The van der Waals surface area contributed by atoms with Gasteiger partial charge >= 0.3 is 5.97 Å². The molecule has 6 heteroatoms. The zero-order chi connectivity index (χ0) is 16.7. The number of esters is 1. The van der Waals surface area contributed by atoms with Gasteiger partial charge in [-0.15, -0.1) is 0 Å². The van der Waals surface area contributed by atoms with Crippen LogP contribution in [0.1, 0.15) is 21.5 Å². The molecule has 0 bridgehead atoms. The fourth-order valence-electron chi connectivity index (χ4n) is 1.95. The lowest BCUT2D eigenvalue weighted by atomic mass is 10.1. The van der Waals surface area contributed by atoms with Crippen molar-refractivity contribution in [1.82, 2.24) is 0 Å². The normalized spacial score (nSPS) is 10.1. The van der Waals surface area contributed by atoms with Crippen molar-refractivity contribution in [2.45, 2.75) is 6.61 Å². The summed E-state index contributed by atoms with van der Waals surface area (Å²) in [7, 11) is 0. The quantitative estimate of drug-likeness (QED) is 0.336. The lowest BCUT2D eigenvalue weighted by Gasteiger charge is -2.11. The highest BCUT2D eigenvalue weighted by molar-refractivity contribution is 9.09. The van der Waals surface area contributed by atoms with Crippen molar-refractivity contribution < 1.29 is 14.3 Å². The van der Waals surface area contributed by atoms with Gasteiger partial charge in [0.1, 0.15) is 18.2 Å². The highest BCUT2D eigenvalue weighted by Gasteiger charge is 2.13. The third kappa shape index (κ3) is 4.82. The average molecular weight is 377 g/mol. The molecule has 2 aromatic carbocycles. The first-order valence-corrected chi connectivity index (χ1v) is 8.12. The van der Waals surface area contributed by atoms with Crippen LogP contribution in [0.15, 0.2) is 48.5 Å². The molecule has 0 aliphatic rings. The Morgan fingerprint density at radius 3 is 2.57 bits per heavy atom. The summed E-state index contributed by atoms with van der Waals surface area (Å²) in [6, 6.07) is 14.2. The lowest BCUT2D eigenvalue weighted by molar-refractivity contribution is 0.0472. The zero-order valence-electron chi connectivity index (χ0n) is 12.4. The highest BCUT2D eigenvalue weighted by atomic mass is 79.9. The Kier molecular flexibility index (Phi) is 6.17. The SMILES string of the molecule is N=C(N)c1cc(C(=O)OCc2ccccc2)ccc1OCCBr. The Labute approximate surface area is 143 Å². The minimum atomic E-state index is -0.469. The van der Waals surface area contributed by atoms with E-state index in [1.807, 2.05) is 30.3 Å². The molecule has 0 radical (unpaired) electrons. The first-order valence-electron chi connectivity index (χ1n) is 7.00. The molecular weight excluding hydrogens is 360 g/mol. The zero-order valence-corrected chi connectivity index (χ0v) is 14.0. The van der Waals surface area contributed by atoms with Crippen LogP contribution in [0.4, 0.5) is 0 Å². The third-order valence-corrected chi connectivity index (χ3v) is 3.38. The number of rotatable bonds is 7. The molecule has 0 aliphatic heterocycles. The van der Waals surface area contributed by atoms with Gasteiger partial charge in [-0.3, -0.25) is 5.41 Å². The molecule has 2 rings (SSSR count). The average Bonchev–Trinajstić information content (AvgIpc) is 2.58. The molecule has 0 spiro atoms. The van der Waals surface area contributed by atoms with Crippen LogP contribution < -0.4 is 10.5 Å². The monoisotopic (exact) mass is 376 g/mol. The maximum absolute atomic E-state index is 12.1. The Hall–Kier alpha value is -2.34. The predicted octanol–water partition coefficient (Wildman–Crippen LogP) is 3.10. The van der Waals surface area contributed by atoms with Crippen molar-refractivity contribution in [3.05, 3.63) is 65.2 Å². The van der Waals surface area contributed by atoms with Crippen LogP contribution in [0.25, 0.3) is 0 Å². The van der Waals surface area contributed by atoms with Crippen molar-refractivity contribution >= 4 is 27.7 Å². The van der Waals surface area contributed by atoms with Crippen molar-refractivity contribution in [2.24, 2.45) is 5.73 Å². The second-order valence-electron chi connectivity index (χ2n) is 4.72. The van der Waals surface area contributed by atoms with Gasteiger partial charge < -0.3 is 15.2 Å². The summed E-state index contributed by atoms with van der Waals surface area (Å²) in [5.74, 6) is -0.160. The fraction of sp³-hybridized carbons (Fsp3) is 0.176. The van der Waals surface area contributed by atoms with E-state index >= 15 is 0 Å². The minimum Gasteiger partial charge on any atom is -0.492 e.